The Morgan fingerprint density at radius 1 is 1.50 bits per heavy atom. The third-order valence-electron chi connectivity index (χ3n) is 3.76. The molecule has 0 bridgehead atoms. The number of pyridine rings is 1. The molecule has 2 N–H and O–H groups in total. The Hall–Kier alpha value is -1.59. The van der Waals surface area contributed by atoms with Gasteiger partial charge in [-0.05, 0) is 26.0 Å². The molecule has 3 rings (SSSR count). The van der Waals surface area contributed by atoms with Gasteiger partial charge < -0.3 is 19.8 Å². The summed E-state index contributed by atoms with van der Waals surface area (Å²) in [7, 11) is 0. The van der Waals surface area contributed by atoms with E-state index in [0.717, 1.165) is 37.6 Å². The molecule has 0 amide bonds. The smallest absolute Gasteiger partial charge is 0.151 e. The van der Waals surface area contributed by atoms with Crippen LogP contribution in [0, 0.1) is 0 Å². The van der Waals surface area contributed by atoms with Gasteiger partial charge in [0.2, 0.25) is 0 Å². The van der Waals surface area contributed by atoms with Gasteiger partial charge in [0, 0.05) is 25.2 Å². The highest BCUT2D eigenvalue weighted by Gasteiger charge is 2.25. The van der Waals surface area contributed by atoms with Gasteiger partial charge in [0.25, 0.3) is 0 Å². The summed E-state index contributed by atoms with van der Waals surface area (Å²) in [6, 6.07) is 6.56. The lowest BCUT2D eigenvalue weighted by molar-refractivity contribution is 0.0985. The predicted molar refractivity (Wildman–Crippen MR) is 80.2 cm³/mol. The van der Waals surface area contributed by atoms with Crippen molar-refractivity contribution >= 4 is 11.5 Å². The van der Waals surface area contributed by atoms with Crippen molar-refractivity contribution in [1.29, 1.82) is 0 Å². The number of ether oxygens (including phenoxy) is 1. The van der Waals surface area contributed by atoms with E-state index in [4.69, 9.17) is 15.5 Å². The van der Waals surface area contributed by atoms with E-state index in [1.807, 2.05) is 25.1 Å². The van der Waals surface area contributed by atoms with Gasteiger partial charge in [-0.1, -0.05) is 6.07 Å². The minimum Gasteiger partial charge on any atom is -0.377 e. The Morgan fingerprint density at radius 2 is 2.35 bits per heavy atom. The molecular formula is C15H22N4O. The van der Waals surface area contributed by atoms with Crippen molar-refractivity contribution in [2.45, 2.75) is 32.4 Å². The molecule has 20 heavy (non-hydrogen) atoms. The molecule has 0 saturated carbocycles. The maximum Gasteiger partial charge on any atom is 0.151 e. The zero-order chi connectivity index (χ0) is 14.1. The van der Waals surface area contributed by atoms with Crippen LogP contribution in [-0.4, -0.2) is 41.2 Å². The van der Waals surface area contributed by atoms with Gasteiger partial charge in [0.05, 0.1) is 24.9 Å². The molecule has 108 valence electrons. The molecule has 0 aliphatic carbocycles. The molecule has 5 nitrogen and oxygen atoms in total. The second-order valence-electron chi connectivity index (χ2n) is 5.61. The number of fused-ring (bicyclic) bond motifs is 1. The lowest BCUT2D eigenvalue weighted by atomic mass is 10.1. The number of morpholine rings is 1. The average Bonchev–Trinajstić information content (AvgIpc) is 2.78. The van der Waals surface area contributed by atoms with Crippen molar-refractivity contribution in [2.24, 2.45) is 5.73 Å². The normalized spacial score (nSPS) is 21.4. The van der Waals surface area contributed by atoms with Crippen LogP contribution < -0.4 is 10.6 Å². The number of rotatable bonds is 3. The highest BCUT2D eigenvalue weighted by Crippen LogP contribution is 2.26. The van der Waals surface area contributed by atoms with E-state index in [1.165, 1.54) is 5.69 Å². The summed E-state index contributed by atoms with van der Waals surface area (Å²) in [5, 5.41) is 0. The molecule has 0 spiro atoms. The lowest BCUT2D eigenvalue weighted by Gasteiger charge is -2.34. The number of hydrogen-bond acceptors (Lipinski definition) is 4. The minimum absolute atomic E-state index is 0.116. The maximum atomic E-state index is 6.02. The van der Waals surface area contributed by atoms with Gasteiger partial charge in [-0.2, -0.15) is 0 Å². The topological polar surface area (TPSA) is 55.8 Å². The highest BCUT2D eigenvalue weighted by atomic mass is 16.5. The number of aromatic nitrogens is 2. The summed E-state index contributed by atoms with van der Waals surface area (Å²) in [4.78, 5) is 7.16. The van der Waals surface area contributed by atoms with Crippen LogP contribution in [0.4, 0.5) is 5.82 Å². The Morgan fingerprint density at radius 3 is 3.10 bits per heavy atom. The Balaban J connectivity index is 2.08. The average molecular weight is 274 g/mol. The van der Waals surface area contributed by atoms with Crippen LogP contribution in [0.3, 0.4) is 0 Å². The van der Waals surface area contributed by atoms with Gasteiger partial charge in [-0.15, -0.1) is 0 Å². The fraction of sp³-hybridized carbons (Fsp3) is 0.533. The van der Waals surface area contributed by atoms with E-state index in [2.05, 4.69) is 22.4 Å². The largest absolute Gasteiger partial charge is 0.377 e. The monoisotopic (exact) mass is 274 g/mol. The van der Waals surface area contributed by atoms with Crippen LogP contribution in [0.5, 0.6) is 0 Å². The van der Waals surface area contributed by atoms with Crippen LogP contribution in [0.1, 0.15) is 19.5 Å². The first-order chi connectivity index (χ1) is 9.66. The molecule has 1 saturated heterocycles. The molecule has 0 aromatic carbocycles. The molecule has 1 aliphatic rings. The third kappa shape index (κ3) is 2.39. The molecule has 2 atom stereocenters. The summed E-state index contributed by atoms with van der Waals surface area (Å²) in [6.07, 6.45) is 2.89. The van der Waals surface area contributed by atoms with Crippen LogP contribution in [0.15, 0.2) is 24.4 Å². The lowest BCUT2D eigenvalue weighted by Crippen LogP contribution is -2.44. The third-order valence-corrected chi connectivity index (χ3v) is 3.76. The second-order valence-corrected chi connectivity index (χ2v) is 5.61. The van der Waals surface area contributed by atoms with Crippen molar-refractivity contribution < 1.29 is 4.74 Å². The number of imidazole rings is 1. The number of nitrogens with zero attached hydrogens (tertiary/aromatic N) is 3. The maximum absolute atomic E-state index is 6.02. The van der Waals surface area contributed by atoms with Crippen molar-refractivity contribution in [3.05, 3.63) is 30.1 Å². The van der Waals surface area contributed by atoms with E-state index in [-0.39, 0.29) is 6.04 Å². The SMILES string of the molecule is CC(N)Cc1c(N2CCOCC2C)nc2ccccn12. The van der Waals surface area contributed by atoms with Gasteiger partial charge in [-0.25, -0.2) is 4.98 Å². The van der Waals surface area contributed by atoms with Gasteiger partial charge >= 0.3 is 0 Å². The summed E-state index contributed by atoms with van der Waals surface area (Å²) < 4.78 is 7.68. The van der Waals surface area contributed by atoms with Crippen LogP contribution in [-0.2, 0) is 11.2 Å². The molecule has 1 fully saturated rings. The number of hydrogen-bond donors (Lipinski definition) is 1. The van der Waals surface area contributed by atoms with Gasteiger partial charge in [-0.3, -0.25) is 0 Å². The molecule has 3 heterocycles. The minimum atomic E-state index is 0.116. The van der Waals surface area contributed by atoms with Crippen molar-refractivity contribution in [1.82, 2.24) is 9.38 Å². The number of anilines is 1. The molecule has 0 radical (unpaired) electrons. The van der Waals surface area contributed by atoms with Crippen molar-refractivity contribution in [2.75, 3.05) is 24.7 Å². The van der Waals surface area contributed by atoms with E-state index in [0.29, 0.717) is 6.04 Å². The Bertz CT molecular complexity index is 593. The van der Waals surface area contributed by atoms with Crippen LogP contribution >= 0.6 is 0 Å². The molecule has 2 aromatic heterocycles. The number of nitrogens with two attached hydrogens (primary N) is 1. The summed E-state index contributed by atoms with van der Waals surface area (Å²) >= 11 is 0. The first kappa shape index (κ1) is 13.4. The summed E-state index contributed by atoms with van der Waals surface area (Å²) in [5.74, 6) is 1.06. The summed E-state index contributed by atoms with van der Waals surface area (Å²) in [6.45, 7) is 6.62. The van der Waals surface area contributed by atoms with Crippen molar-refractivity contribution in [3.63, 3.8) is 0 Å². The molecule has 2 unspecified atom stereocenters. The van der Waals surface area contributed by atoms with Gasteiger partial charge in [0.15, 0.2) is 5.82 Å². The van der Waals surface area contributed by atoms with E-state index in [1.54, 1.807) is 0 Å². The highest BCUT2D eigenvalue weighted by molar-refractivity contribution is 5.57. The Kier molecular flexibility index (Phi) is 3.63. The van der Waals surface area contributed by atoms with E-state index < -0.39 is 0 Å². The molecule has 5 heteroatoms. The fourth-order valence-corrected chi connectivity index (χ4v) is 2.80. The van der Waals surface area contributed by atoms with E-state index >= 15 is 0 Å². The first-order valence-electron chi connectivity index (χ1n) is 7.22. The zero-order valence-electron chi connectivity index (χ0n) is 12.1. The quantitative estimate of drug-likeness (QED) is 0.920. The molecule has 1 aliphatic heterocycles. The fourth-order valence-electron chi connectivity index (χ4n) is 2.80. The predicted octanol–water partition coefficient (Wildman–Crippen LogP) is 1.45. The zero-order valence-corrected chi connectivity index (χ0v) is 12.1. The van der Waals surface area contributed by atoms with Crippen LogP contribution in [0.2, 0.25) is 0 Å². The molecular weight excluding hydrogens is 252 g/mol. The summed E-state index contributed by atoms with van der Waals surface area (Å²) in [5.41, 5.74) is 8.21. The van der Waals surface area contributed by atoms with Crippen molar-refractivity contribution in [3.8, 4) is 0 Å². The first-order valence-corrected chi connectivity index (χ1v) is 7.22. The molecule has 2 aromatic rings. The van der Waals surface area contributed by atoms with Crippen LogP contribution in [0.25, 0.3) is 5.65 Å². The standard InChI is InChI=1S/C15H22N4O/c1-11(16)9-13-15(18-7-8-20-10-12(18)2)17-14-5-3-4-6-19(13)14/h3-6,11-12H,7-10,16H2,1-2H3. The Labute approximate surface area is 119 Å². The van der Waals surface area contributed by atoms with Gasteiger partial charge in [0.1, 0.15) is 5.65 Å². The second kappa shape index (κ2) is 5.42. The van der Waals surface area contributed by atoms with E-state index in [9.17, 15) is 0 Å².